The quantitative estimate of drug-likeness (QED) is 0.773. The van der Waals surface area contributed by atoms with Crippen LogP contribution in [0.15, 0.2) is 0 Å². The number of hydrogen-bond acceptors (Lipinski definition) is 4. The minimum absolute atomic E-state index is 0.136. The lowest BCUT2D eigenvalue weighted by atomic mass is 10.3. The zero-order chi connectivity index (χ0) is 13.9. The average molecular weight is 293 g/mol. The summed E-state index contributed by atoms with van der Waals surface area (Å²) in [5.74, 6) is -0.0722. The Labute approximate surface area is 114 Å². The van der Waals surface area contributed by atoms with E-state index >= 15 is 0 Å². The van der Waals surface area contributed by atoms with Gasteiger partial charge in [0, 0.05) is 23.1 Å². The summed E-state index contributed by atoms with van der Waals surface area (Å²) in [6.45, 7) is 3.55. The molecule has 0 bridgehead atoms. The van der Waals surface area contributed by atoms with E-state index in [1.807, 2.05) is 0 Å². The van der Waals surface area contributed by atoms with Crippen molar-refractivity contribution >= 4 is 28.4 Å². The second kappa shape index (κ2) is 6.33. The Bertz CT molecular complexity index is 473. The number of carbonyl (C=O) groups is 1. The van der Waals surface area contributed by atoms with E-state index in [1.165, 1.54) is 7.11 Å². The molecule has 5 nitrogen and oxygen atoms in total. The van der Waals surface area contributed by atoms with Crippen LogP contribution < -0.4 is 0 Å². The number of aryl methyl sites for hydroxylation is 2. The standard InChI is InChI=1S/C11H17ClN2O3S/c1-7(5-10(15)17-4)18(16)6-9-11(12)8(2)13-14(9)3/h7H,5-6H2,1-4H3. The maximum absolute atomic E-state index is 12.1. The molecular weight excluding hydrogens is 276 g/mol. The lowest BCUT2D eigenvalue weighted by molar-refractivity contribution is -0.140. The Kier molecular flexibility index (Phi) is 5.34. The normalized spacial score (nSPS) is 14.3. The molecule has 0 N–H and O–H groups in total. The van der Waals surface area contributed by atoms with Crippen LogP contribution >= 0.6 is 11.6 Å². The lowest BCUT2D eigenvalue weighted by Crippen LogP contribution is -2.19. The van der Waals surface area contributed by atoms with Gasteiger partial charge in [-0.25, -0.2) is 0 Å². The molecule has 0 aliphatic heterocycles. The Balaban J connectivity index is 2.72. The Morgan fingerprint density at radius 3 is 2.67 bits per heavy atom. The van der Waals surface area contributed by atoms with Gasteiger partial charge in [0.25, 0.3) is 0 Å². The van der Waals surface area contributed by atoms with Gasteiger partial charge >= 0.3 is 5.97 Å². The Hall–Kier alpha value is -0.880. The van der Waals surface area contributed by atoms with Crippen LogP contribution in [-0.2, 0) is 33.1 Å². The van der Waals surface area contributed by atoms with Gasteiger partial charge in [-0.2, -0.15) is 5.10 Å². The average Bonchev–Trinajstić information content (AvgIpc) is 2.55. The van der Waals surface area contributed by atoms with Gasteiger partial charge in [0.1, 0.15) is 0 Å². The summed E-state index contributed by atoms with van der Waals surface area (Å²) < 4.78 is 18.3. The molecule has 1 aromatic rings. The number of rotatable bonds is 5. The van der Waals surface area contributed by atoms with Crippen molar-refractivity contribution in [3.05, 3.63) is 16.4 Å². The molecule has 0 aliphatic carbocycles. The van der Waals surface area contributed by atoms with Gasteiger partial charge < -0.3 is 4.74 Å². The fraction of sp³-hybridized carbons (Fsp3) is 0.636. The van der Waals surface area contributed by atoms with Crippen molar-refractivity contribution in [2.24, 2.45) is 7.05 Å². The summed E-state index contributed by atoms with van der Waals surface area (Å²) in [4.78, 5) is 11.1. The molecule has 0 radical (unpaired) electrons. The number of nitrogens with zero attached hydrogens (tertiary/aromatic N) is 2. The molecule has 0 fully saturated rings. The summed E-state index contributed by atoms with van der Waals surface area (Å²) in [5.41, 5.74) is 1.44. The highest BCUT2D eigenvalue weighted by molar-refractivity contribution is 7.84. The Morgan fingerprint density at radius 1 is 1.61 bits per heavy atom. The van der Waals surface area contributed by atoms with Crippen LogP contribution in [0.25, 0.3) is 0 Å². The van der Waals surface area contributed by atoms with Gasteiger partial charge in [0.15, 0.2) is 0 Å². The summed E-state index contributed by atoms with van der Waals surface area (Å²) in [6, 6.07) is 0. The number of methoxy groups -OCH3 is 1. The first-order valence-electron chi connectivity index (χ1n) is 5.48. The molecule has 2 unspecified atom stereocenters. The zero-order valence-corrected chi connectivity index (χ0v) is 12.5. The highest BCUT2D eigenvalue weighted by Gasteiger charge is 2.20. The van der Waals surface area contributed by atoms with Gasteiger partial charge in [-0.1, -0.05) is 18.5 Å². The van der Waals surface area contributed by atoms with Crippen molar-refractivity contribution in [1.82, 2.24) is 9.78 Å². The third-order valence-electron chi connectivity index (χ3n) is 2.67. The van der Waals surface area contributed by atoms with Gasteiger partial charge in [0.05, 0.1) is 35.7 Å². The molecule has 0 spiro atoms. The number of halogens is 1. The molecule has 0 aromatic carbocycles. The van der Waals surface area contributed by atoms with Crippen LogP contribution in [0.5, 0.6) is 0 Å². The van der Waals surface area contributed by atoms with Gasteiger partial charge in [-0.05, 0) is 6.92 Å². The van der Waals surface area contributed by atoms with Crippen molar-refractivity contribution in [2.45, 2.75) is 31.3 Å². The van der Waals surface area contributed by atoms with E-state index in [-0.39, 0.29) is 23.4 Å². The summed E-state index contributed by atoms with van der Waals surface area (Å²) >= 11 is 6.09. The van der Waals surface area contributed by atoms with Crippen LogP contribution in [-0.4, -0.2) is 32.3 Å². The molecule has 0 amide bonds. The monoisotopic (exact) mass is 292 g/mol. The van der Waals surface area contributed by atoms with Crippen LogP contribution in [0.1, 0.15) is 24.7 Å². The van der Waals surface area contributed by atoms with Crippen LogP contribution in [0.2, 0.25) is 5.02 Å². The highest BCUT2D eigenvalue weighted by Crippen LogP contribution is 2.22. The number of carbonyl (C=O) groups excluding carboxylic acids is 1. The summed E-state index contributed by atoms with van der Waals surface area (Å²) in [6.07, 6.45) is 0.136. The summed E-state index contributed by atoms with van der Waals surface area (Å²) in [5, 5.41) is 4.42. The van der Waals surface area contributed by atoms with Gasteiger partial charge in [-0.15, -0.1) is 0 Å². The number of hydrogen-bond donors (Lipinski definition) is 0. The minimum atomic E-state index is -1.19. The molecule has 18 heavy (non-hydrogen) atoms. The first-order valence-corrected chi connectivity index (χ1v) is 7.24. The second-order valence-electron chi connectivity index (χ2n) is 4.09. The van der Waals surface area contributed by atoms with E-state index < -0.39 is 10.8 Å². The second-order valence-corrected chi connectivity index (χ2v) is 6.32. The van der Waals surface area contributed by atoms with Crippen molar-refractivity contribution in [3.8, 4) is 0 Å². The fourth-order valence-corrected chi connectivity index (χ4v) is 3.04. The van der Waals surface area contributed by atoms with Crippen LogP contribution in [0, 0.1) is 6.92 Å². The molecular formula is C11H17ClN2O3S. The van der Waals surface area contributed by atoms with Gasteiger partial charge in [0.2, 0.25) is 0 Å². The molecule has 102 valence electrons. The van der Waals surface area contributed by atoms with E-state index in [0.29, 0.717) is 10.7 Å². The molecule has 0 aliphatic rings. The smallest absolute Gasteiger partial charge is 0.306 e. The Morgan fingerprint density at radius 2 is 2.22 bits per heavy atom. The fourth-order valence-electron chi connectivity index (χ4n) is 1.52. The molecule has 0 saturated heterocycles. The van der Waals surface area contributed by atoms with Crippen LogP contribution in [0.4, 0.5) is 0 Å². The van der Waals surface area contributed by atoms with E-state index in [1.54, 1.807) is 25.6 Å². The SMILES string of the molecule is COC(=O)CC(C)S(=O)Cc1c(Cl)c(C)nn1C. The molecule has 1 heterocycles. The van der Waals surface area contributed by atoms with Crippen molar-refractivity contribution in [1.29, 1.82) is 0 Å². The third-order valence-corrected chi connectivity index (χ3v) is 4.79. The first kappa shape index (κ1) is 15.2. The van der Waals surface area contributed by atoms with E-state index in [2.05, 4.69) is 9.84 Å². The minimum Gasteiger partial charge on any atom is -0.469 e. The van der Waals surface area contributed by atoms with E-state index in [4.69, 9.17) is 11.6 Å². The molecule has 0 saturated carbocycles. The predicted molar refractivity (Wildman–Crippen MR) is 70.9 cm³/mol. The van der Waals surface area contributed by atoms with Crippen LogP contribution in [0.3, 0.4) is 0 Å². The van der Waals surface area contributed by atoms with E-state index in [9.17, 15) is 9.00 Å². The number of ether oxygens (including phenoxy) is 1. The third kappa shape index (κ3) is 3.55. The molecule has 2 atom stereocenters. The lowest BCUT2D eigenvalue weighted by Gasteiger charge is -2.10. The van der Waals surface area contributed by atoms with E-state index in [0.717, 1.165) is 5.69 Å². The van der Waals surface area contributed by atoms with Crippen molar-refractivity contribution in [3.63, 3.8) is 0 Å². The topological polar surface area (TPSA) is 61.2 Å². The molecule has 7 heteroatoms. The number of aromatic nitrogens is 2. The first-order chi connectivity index (χ1) is 8.36. The largest absolute Gasteiger partial charge is 0.469 e. The molecule has 1 aromatic heterocycles. The number of esters is 1. The maximum Gasteiger partial charge on any atom is 0.306 e. The van der Waals surface area contributed by atoms with Crippen molar-refractivity contribution < 1.29 is 13.7 Å². The summed E-state index contributed by atoms with van der Waals surface area (Å²) in [7, 11) is 1.89. The van der Waals surface area contributed by atoms with Gasteiger partial charge in [-0.3, -0.25) is 13.7 Å². The molecule has 1 rings (SSSR count). The predicted octanol–water partition coefficient (Wildman–Crippen LogP) is 1.58. The zero-order valence-electron chi connectivity index (χ0n) is 10.9. The van der Waals surface area contributed by atoms with Crippen molar-refractivity contribution in [2.75, 3.05) is 7.11 Å². The highest BCUT2D eigenvalue weighted by atomic mass is 35.5. The maximum atomic E-state index is 12.1.